The number of aliphatic hydroxyl groups excluding tert-OH is 1. The number of hydrogen-bond acceptors (Lipinski definition) is 4. The maximum Gasteiger partial charge on any atom is 0.0584 e. The smallest absolute Gasteiger partial charge is 0.0584 e. The van der Waals surface area contributed by atoms with Gasteiger partial charge in [-0.15, -0.1) is 0 Å². The molecule has 1 saturated heterocycles. The first-order valence-electron chi connectivity index (χ1n) is 6.01. The summed E-state index contributed by atoms with van der Waals surface area (Å²) in [6.45, 7) is 9.15. The Morgan fingerprint density at radius 2 is 1.93 bits per heavy atom. The van der Waals surface area contributed by atoms with Gasteiger partial charge in [0, 0.05) is 45.3 Å². The Balaban J connectivity index is 2.04. The Morgan fingerprint density at radius 1 is 1.27 bits per heavy atom. The van der Waals surface area contributed by atoms with E-state index in [1.807, 2.05) is 0 Å². The molecule has 0 amide bonds. The van der Waals surface area contributed by atoms with Crippen molar-refractivity contribution in [2.75, 3.05) is 52.9 Å². The molecular weight excluding hydrogens is 190 g/mol. The Hall–Kier alpha value is -0.160. The summed E-state index contributed by atoms with van der Waals surface area (Å²) < 4.78 is 0. The standard InChI is InChI=1S/C11H25N3O/c1-3-11(10-15)12-4-5-14-8-6-13(2)7-9-14/h11-12,15H,3-10H2,1-2H3. The van der Waals surface area contributed by atoms with Gasteiger partial charge in [0.2, 0.25) is 0 Å². The second-order valence-corrected chi connectivity index (χ2v) is 4.39. The van der Waals surface area contributed by atoms with Crippen LogP contribution in [0.5, 0.6) is 0 Å². The highest BCUT2D eigenvalue weighted by atomic mass is 16.3. The molecule has 0 saturated carbocycles. The summed E-state index contributed by atoms with van der Waals surface area (Å²) >= 11 is 0. The Bertz CT molecular complexity index is 154. The normalized spacial score (nSPS) is 21.8. The van der Waals surface area contributed by atoms with Crippen LogP contribution in [0.1, 0.15) is 13.3 Å². The maximum absolute atomic E-state index is 9.01. The molecule has 4 nitrogen and oxygen atoms in total. The quantitative estimate of drug-likeness (QED) is 0.632. The van der Waals surface area contributed by atoms with Crippen LogP contribution >= 0.6 is 0 Å². The van der Waals surface area contributed by atoms with Crippen LogP contribution in [0.3, 0.4) is 0 Å². The third-order valence-corrected chi connectivity index (χ3v) is 3.17. The minimum absolute atomic E-state index is 0.249. The molecule has 1 unspecified atom stereocenters. The number of hydrogen-bond donors (Lipinski definition) is 2. The zero-order chi connectivity index (χ0) is 11.1. The summed E-state index contributed by atoms with van der Waals surface area (Å²) in [5, 5.41) is 12.4. The van der Waals surface area contributed by atoms with Crippen molar-refractivity contribution in [2.45, 2.75) is 19.4 Å². The van der Waals surface area contributed by atoms with E-state index in [2.05, 4.69) is 29.1 Å². The van der Waals surface area contributed by atoms with Gasteiger partial charge in [0.25, 0.3) is 0 Å². The van der Waals surface area contributed by atoms with E-state index in [1.165, 1.54) is 26.2 Å². The van der Waals surface area contributed by atoms with Crippen molar-refractivity contribution in [2.24, 2.45) is 0 Å². The number of nitrogens with zero attached hydrogens (tertiary/aromatic N) is 2. The number of nitrogens with one attached hydrogen (secondary N) is 1. The van der Waals surface area contributed by atoms with Crippen molar-refractivity contribution in [1.29, 1.82) is 0 Å². The van der Waals surface area contributed by atoms with E-state index in [-0.39, 0.29) is 12.6 Å². The van der Waals surface area contributed by atoms with Crippen molar-refractivity contribution in [3.63, 3.8) is 0 Å². The van der Waals surface area contributed by atoms with E-state index in [0.717, 1.165) is 19.5 Å². The third kappa shape index (κ3) is 4.93. The molecule has 0 spiro atoms. The van der Waals surface area contributed by atoms with Crippen LogP contribution in [0.15, 0.2) is 0 Å². The lowest BCUT2D eigenvalue weighted by Gasteiger charge is -2.32. The number of rotatable bonds is 6. The number of aliphatic hydroxyl groups is 1. The molecule has 15 heavy (non-hydrogen) atoms. The van der Waals surface area contributed by atoms with Crippen molar-refractivity contribution >= 4 is 0 Å². The van der Waals surface area contributed by atoms with Gasteiger partial charge in [0.1, 0.15) is 0 Å². The molecule has 1 fully saturated rings. The van der Waals surface area contributed by atoms with Gasteiger partial charge in [0.15, 0.2) is 0 Å². The fraction of sp³-hybridized carbons (Fsp3) is 1.00. The van der Waals surface area contributed by atoms with E-state index >= 15 is 0 Å². The Kier molecular flexibility index (Phi) is 6.17. The highest BCUT2D eigenvalue weighted by Gasteiger charge is 2.13. The van der Waals surface area contributed by atoms with Gasteiger partial charge >= 0.3 is 0 Å². The molecule has 1 aliphatic heterocycles. The van der Waals surface area contributed by atoms with Gasteiger partial charge in [0.05, 0.1) is 6.61 Å². The lowest BCUT2D eigenvalue weighted by atomic mass is 10.2. The van der Waals surface area contributed by atoms with E-state index in [4.69, 9.17) is 5.11 Å². The molecule has 0 bridgehead atoms. The molecule has 2 N–H and O–H groups in total. The zero-order valence-corrected chi connectivity index (χ0v) is 10.1. The fourth-order valence-corrected chi connectivity index (χ4v) is 1.84. The van der Waals surface area contributed by atoms with E-state index in [1.54, 1.807) is 0 Å². The summed E-state index contributed by atoms with van der Waals surface area (Å²) in [6, 6.07) is 0.275. The first-order chi connectivity index (χ1) is 7.26. The average molecular weight is 215 g/mol. The van der Waals surface area contributed by atoms with Crippen LogP contribution < -0.4 is 5.32 Å². The van der Waals surface area contributed by atoms with Gasteiger partial charge in [-0.05, 0) is 13.5 Å². The monoisotopic (exact) mass is 215 g/mol. The molecule has 1 aliphatic rings. The molecule has 1 heterocycles. The minimum Gasteiger partial charge on any atom is -0.395 e. The van der Waals surface area contributed by atoms with Crippen molar-refractivity contribution in [3.8, 4) is 0 Å². The number of piperazine rings is 1. The molecule has 0 aromatic carbocycles. The van der Waals surface area contributed by atoms with Crippen LogP contribution in [0.4, 0.5) is 0 Å². The molecule has 1 rings (SSSR count). The second kappa shape index (κ2) is 7.17. The van der Waals surface area contributed by atoms with Crippen molar-refractivity contribution in [3.05, 3.63) is 0 Å². The van der Waals surface area contributed by atoms with Gasteiger partial charge in [-0.2, -0.15) is 0 Å². The van der Waals surface area contributed by atoms with Crippen LogP contribution in [-0.2, 0) is 0 Å². The highest BCUT2D eigenvalue weighted by molar-refractivity contribution is 4.71. The topological polar surface area (TPSA) is 38.7 Å². The summed E-state index contributed by atoms with van der Waals surface area (Å²) in [5.74, 6) is 0. The third-order valence-electron chi connectivity index (χ3n) is 3.17. The molecule has 90 valence electrons. The molecular formula is C11H25N3O. The number of likely N-dealkylation sites (N-methyl/N-ethyl adjacent to an activating group) is 1. The van der Waals surface area contributed by atoms with Gasteiger partial charge in [-0.3, -0.25) is 4.90 Å². The van der Waals surface area contributed by atoms with Crippen molar-refractivity contribution in [1.82, 2.24) is 15.1 Å². The zero-order valence-electron chi connectivity index (χ0n) is 10.1. The lowest BCUT2D eigenvalue weighted by Crippen LogP contribution is -2.47. The first-order valence-corrected chi connectivity index (χ1v) is 6.01. The SMILES string of the molecule is CCC(CO)NCCN1CCN(C)CC1. The van der Waals surface area contributed by atoms with Crippen molar-refractivity contribution < 1.29 is 5.11 Å². The Morgan fingerprint density at radius 3 is 2.47 bits per heavy atom. The van der Waals surface area contributed by atoms with Crippen LogP contribution in [0, 0.1) is 0 Å². The van der Waals surface area contributed by atoms with Gasteiger partial charge < -0.3 is 15.3 Å². The average Bonchev–Trinajstić information content (AvgIpc) is 2.27. The van der Waals surface area contributed by atoms with Crippen LogP contribution in [0.25, 0.3) is 0 Å². The molecule has 0 aromatic rings. The summed E-state index contributed by atoms with van der Waals surface area (Å²) in [7, 11) is 2.18. The summed E-state index contributed by atoms with van der Waals surface area (Å²) in [5.41, 5.74) is 0. The maximum atomic E-state index is 9.01. The van der Waals surface area contributed by atoms with E-state index in [9.17, 15) is 0 Å². The van der Waals surface area contributed by atoms with Gasteiger partial charge in [-0.1, -0.05) is 6.92 Å². The molecule has 0 radical (unpaired) electrons. The molecule has 0 aromatic heterocycles. The van der Waals surface area contributed by atoms with Crippen LogP contribution in [0.2, 0.25) is 0 Å². The predicted octanol–water partition coefficient (Wildman–Crippen LogP) is -0.406. The Labute approximate surface area is 93.2 Å². The van der Waals surface area contributed by atoms with E-state index in [0.29, 0.717) is 0 Å². The summed E-state index contributed by atoms with van der Waals surface area (Å²) in [4.78, 5) is 4.85. The minimum atomic E-state index is 0.249. The molecule has 0 aliphatic carbocycles. The molecule has 4 heteroatoms. The van der Waals surface area contributed by atoms with Gasteiger partial charge in [-0.25, -0.2) is 0 Å². The molecule has 1 atom stereocenters. The fourth-order valence-electron chi connectivity index (χ4n) is 1.84. The van der Waals surface area contributed by atoms with E-state index < -0.39 is 0 Å². The predicted molar refractivity (Wildman–Crippen MR) is 63.1 cm³/mol. The second-order valence-electron chi connectivity index (χ2n) is 4.39. The highest BCUT2D eigenvalue weighted by Crippen LogP contribution is 1.98. The van der Waals surface area contributed by atoms with Crippen LogP contribution in [-0.4, -0.2) is 73.9 Å². The summed E-state index contributed by atoms with van der Waals surface area (Å²) in [6.07, 6.45) is 0.999. The first kappa shape index (κ1) is 12.9. The largest absolute Gasteiger partial charge is 0.395 e. The lowest BCUT2D eigenvalue weighted by molar-refractivity contribution is 0.151.